The highest BCUT2D eigenvalue weighted by atomic mass is 16.8. The first-order valence-corrected chi connectivity index (χ1v) is 9.99. The predicted molar refractivity (Wildman–Crippen MR) is 98.1 cm³/mol. The van der Waals surface area contributed by atoms with E-state index in [9.17, 15) is 5.11 Å². The van der Waals surface area contributed by atoms with Crippen LogP contribution in [0, 0.1) is 0 Å². The zero-order valence-electron chi connectivity index (χ0n) is 16.1. The summed E-state index contributed by atoms with van der Waals surface area (Å²) in [7, 11) is 0. The Balaban J connectivity index is 1.64. The van der Waals surface area contributed by atoms with Gasteiger partial charge in [0.05, 0.1) is 18.3 Å². The van der Waals surface area contributed by atoms with E-state index < -0.39 is 23.3 Å². The topological polar surface area (TPSA) is 47.9 Å². The van der Waals surface area contributed by atoms with E-state index in [2.05, 4.69) is 32.1 Å². The molecular formula is C21H34O4. The summed E-state index contributed by atoms with van der Waals surface area (Å²) in [6.07, 6.45) is 14.0. The molecule has 3 heterocycles. The normalized spacial score (nSPS) is 40.1. The van der Waals surface area contributed by atoms with Gasteiger partial charge in [-0.25, -0.2) is 0 Å². The van der Waals surface area contributed by atoms with Gasteiger partial charge in [0.15, 0.2) is 11.6 Å². The highest BCUT2D eigenvalue weighted by molar-refractivity contribution is 5.09. The summed E-state index contributed by atoms with van der Waals surface area (Å²) < 4.78 is 18.8. The molecule has 25 heavy (non-hydrogen) atoms. The molecule has 2 spiro atoms. The van der Waals surface area contributed by atoms with Gasteiger partial charge in [-0.3, -0.25) is 0 Å². The molecule has 4 heteroatoms. The van der Waals surface area contributed by atoms with E-state index in [4.69, 9.17) is 14.2 Å². The number of aliphatic hydroxyl groups excluding tert-OH is 1. The highest BCUT2D eigenvalue weighted by Gasteiger charge is 2.55. The van der Waals surface area contributed by atoms with Crippen molar-refractivity contribution in [1.82, 2.24) is 0 Å². The molecule has 0 amide bonds. The lowest BCUT2D eigenvalue weighted by Crippen LogP contribution is -2.51. The van der Waals surface area contributed by atoms with E-state index in [-0.39, 0.29) is 0 Å². The first-order chi connectivity index (χ1) is 11.9. The number of allylic oxidation sites excluding steroid dienone is 2. The van der Waals surface area contributed by atoms with Crippen molar-refractivity contribution in [1.29, 1.82) is 0 Å². The van der Waals surface area contributed by atoms with Crippen molar-refractivity contribution in [3.05, 3.63) is 23.8 Å². The molecule has 1 N–H and O–H groups in total. The monoisotopic (exact) mass is 350 g/mol. The molecule has 0 aliphatic carbocycles. The number of rotatable bonds is 5. The molecule has 0 aromatic carbocycles. The molecule has 3 aliphatic heterocycles. The second-order valence-corrected chi connectivity index (χ2v) is 8.01. The molecular weight excluding hydrogens is 316 g/mol. The molecule has 4 nitrogen and oxygen atoms in total. The molecule has 0 bridgehead atoms. The van der Waals surface area contributed by atoms with Gasteiger partial charge in [0, 0.05) is 19.3 Å². The minimum atomic E-state index is -0.643. The Morgan fingerprint density at radius 2 is 2.08 bits per heavy atom. The fraction of sp³-hybridized carbons (Fsp3) is 0.810. The van der Waals surface area contributed by atoms with Crippen LogP contribution in [0.25, 0.3) is 0 Å². The van der Waals surface area contributed by atoms with E-state index in [0.29, 0.717) is 0 Å². The quantitative estimate of drug-likeness (QED) is 0.735. The summed E-state index contributed by atoms with van der Waals surface area (Å²) in [5, 5.41) is 10.8. The van der Waals surface area contributed by atoms with Crippen LogP contribution in [0.1, 0.15) is 78.6 Å². The summed E-state index contributed by atoms with van der Waals surface area (Å²) in [6, 6.07) is 0. The van der Waals surface area contributed by atoms with Crippen molar-refractivity contribution in [2.45, 2.75) is 102 Å². The van der Waals surface area contributed by atoms with Crippen LogP contribution in [0.2, 0.25) is 0 Å². The van der Waals surface area contributed by atoms with Gasteiger partial charge in [0.1, 0.15) is 0 Å². The van der Waals surface area contributed by atoms with Gasteiger partial charge in [-0.1, -0.05) is 24.6 Å². The van der Waals surface area contributed by atoms with Crippen molar-refractivity contribution in [2.75, 3.05) is 6.61 Å². The SMILES string of the molecule is C/C=C(\CC)CC[C@H](O)[C@@]1(C)CC[C@]2(CC=C[C@@]3(CCCCO3)O2)O1. The molecule has 142 valence electrons. The van der Waals surface area contributed by atoms with Crippen molar-refractivity contribution in [3.63, 3.8) is 0 Å². The van der Waals surface area contributed by atoms with Gasteiger partial charge in [0.25, 0.3) is 0 Å². The largest absolute Gasteiger partial charge is 0.390 e. The molecule has 0 radical (unpaired) electrons. The molecule has 3 aliphatic rings. The van der Waals surface area contributed by atoms with Gasteiger partial charge in [0.2, 0.25) is 0 Å². The van der Waals surface area contributed by atoms with Crippen LogP contribution in [0.5, 0.6) is 0 Å². The average molecular weight is 350 g/mol. The number of hydrogen-bond acceptors (Lipinski definition) is 4. The van der Waals surface area contributed by atoms with Crippen molar-refractivity contribution >= 4 is 0 Å². The first-order valence-electron chi connectivity index (χ1n) is 9.99. The van der Waals surface area contributed by atoms with Crippen LogP contribution in [-0.4, -0.2) is 35.0 Å². The molecule has 0 unspecified atom stereocenters. The Bertz CT molecular complexity index is 520. The number of aliphatic hydroxyl groups is 1. The third-order valence-corrected chi connectivity index (χ3v) is 6.15. The summed E-state index contributed by atoms with van der Waals surface area (Å²) in [6.45, 7) is 7.00. The summed E-state index contributed by atoms with van der Waals surface area (Å²) in [5.74, 6) is -1.26. The Morgan fingerprint density at radius 1 is 1.24 bits per heavy atom. The van der Waals surface area contributed by atoms with E-state index >= 15 is 0 Å². The lowest BCUT2D eigenvalue weighted by Gasteiger charge is -2.45. The van der Waals surface area contributed by atoms with E-state index in [1.807, 2.05) is 6.92 Å². The summed E-state index contributed by atoms with van der Waals surface area (Å²) in [4.78, 5) is 0. The Kier molecular flexibility index (Phi) is 5.74. The standard InChI is InChI=1S/C21H34O4/c1-4-17(5-2)9-10-18(22)19(3)14-15-21(24-19)13-8-12-20(25-21)11-6-7-16-23-20/h4,8,12,18,22H,5-7,9-11,13-16H2,1-3H3/b17-4+/t18-,19+,20+,21+/m0/s1. The second kappa shape index (κ2) is 7.51. The zero-order chi connectivity index (χ0) is 18.0. The molecule has 2 fully saturated rings. The lowest BCUT2D eigenvalue weighted by atomic mass is 9.90. The second-order valence-electron chi connectivity index (χ2n) is 8.01. The van der Waals surface area contributed by atoms with Crippen LogP contribution < -0.4 is 0 Å². The van der Waals surface area contributed by atoms with Crippen LogP contribution in [0.3, 0.4) is 0 Å². The van der Waals surface area contributed by atoms with Gasteiger partial charge in [-0.15, -0.1) is 0 Å². The Morgan fingerprint density at radius 3 is 2.76 bits per heavy atom. The minimum absolute atomic E-state index is 0.480. The molecule has 3 rings (SSSR count). The van der Waals surface area contributed by atoms with E-state index in [1.165, 1.54) is 5.57 Å². The van der Waals surface area contributed by atoms with Crippen molar-refractivity contribution in [3.8, 4) is 0 Å². The Labute approximate surface area is 152 Å². The minimum Gasteiger partial charge on any atom is -0.390 e. The summed E-state index contributed by atoms with van der Waals surface area (Å²) >= 11 is 0. The zero-order valence-corrected chi connectivity index (χ0v) is 16.1. The van der Waals surface area contributed by atoms with Gasteiger partial charge in [-0.05, 0) is 58.4 Å². The van der Waals surface area contributed by atoms with Crippen LogP contribution >= 0.6 is 0 Å². The van der Waals surface area contributed by atoms with E-state index in [0.717, 1.165) is 64.4 Å². The van der Waals surface area contributed by atoms with Crippen LogP contribution in [0.4, 0.5) is 0 Å². The molecule has 0 saturated carbocycles. The van der Waals surface area contributed by atoms with Gasteiger partial charge in [-0.2, -0.15) is 0 Å². The maximum atomic E-state index is 10.8. The molecule has 2 saturated heterocycles. The first kappa shape index (κ1) is 19.1. The Hall–Kier alpha value is -0.680. The molecule has 0 aromatic rings. The maximum Gasteiger partial charge on any atom is 0.191 e. The lowest BCUT2D eigenvalue weighted by molar-refractivity contribution is -0.361. The van der Waals surface area contributed by atoms with Crippen molar-refractivity contribution in [2.24, 2.45) is 0 Å². The molecule has 4 atom stereocenters. The fourth-order valence-electron chi connectivity index (χ4n) is 4.38. The third kappa shape index (κ3) is 4.02. The number of ether oxygens (including phenoxy) is 3. The van der Waals surface area contributed by atoms with E-state index in [1.54, 1.807) is 0 Å². The van der Waals surface area contributed by atoms with Gasteiger partial charge >= 0.3 is 0 Å². The maximum absolute atomic E-state index is 10.8. The smallest absolute Gasteiger partial charge is 0.191 e. The number of hydrogen-bond donors (Lipinski definition) is 1. The van der Waals surface area contributed by atoms with Gasteiger partial charge < -0.3 is 19.3 Å². The van der Waals surface area contributed by atoms with Crippen LogP contribution in [0.15, 0.2) is 23.8 Å². The highest BCUT2D eigenvalue weighted by Crippen LogP contribution is 2.49. The predicted octanol–water partition coefficient (Wildman–Crippen LogP) is 4.62. The average Bonchev–Trinajstić information content (AvgIpc) is 2.93. The van der Waals surface area contributed by atoms with Crippen molar-refractivity contribution < 1.29 is 19.3 Å². The molecule has 0 aromatic heterocycles. The third-order valence-electron chi connectivity index (χ3n) is 6.15. The fourth-order valence-corrected chi connectivity index (χ4v) is 4.38. The van der Waals surface area contributed by atoms with Crippen LogP contribution in [-0.2, 0) is 14.2 Å². The summed E-state index contributed by atoms with van der Waals surface area (Å²) in [5.41, 5.74) is 0.843.